The Morgan fingerprint density at radius 1 is 0.818 bits per heavy atom. The van der Waals surface area contributed by atoms with Crippen LogP contribution >= 0.6 is 23.2 Å². The lowest BCUT2D eigenvalue weighted by atomic mass is 10.0. The highest BCUT2D eigenvalue weighted by atomic mass is 35.5. The van der Waals surface area contributed by atoms with Gasteiger partial charge in [0.25, 0.3) is 0 Å². The number of rotatable bonds is 3. The molecule has 2 aromatic heterocycles. The molecule has 6 heteroatoms. The van der Waals surface area contributed by atoms with E-state index >= 15 is 0 Å². The van der Waals surface area contributed by atoms with Gasteiger partial charge in [0.2, 0.25) is 0 Å². The molecule has 3 aromatic carbocycles. The summed E-state index contributed by atoms with van der Waals surface area (Å²) in [6.07, 6.45) is 8.13. The summed E-state index contributed by atoms with van der Waals surface area (Å²) in [7, 11) is 0. The van der Waals surface area contributed by atoms with E-state index in [2.05, 4.69) is 18.2 Å². The average molecular weight is 470 g/mol. The Morgan fingerprint density at radius 2 is 1.64 bits per heavy atom. The van der Waals surface area contributed by atoms with Crippen LogP contribution in [0.2, 0.25) is 10.0 Å². The summed E-state index contributed by atoms with van der Waals surface area (Å²) in [6, 6.07) is 19.4. The fourth-order valence-corrected chi connectivity index (χ4v) is 4.72. The van der Waals surface area contributed by atoms with E-state index in [0.717, 1.165) is 40.3 Å². The van der Waals surface area contributed by atoms with E-state index in [0.29, 0.717) is 38.7 Å². The van der Waals surface area contributed by atoms with Crippen molar-refractivity contribution in [2.24, 2.45) is 0 Å². The number of aromatic nitrogens is 3. The van der Waals surface area contributed by atoms with Gasteiger partial charge in [0.15, 0.2) is 23.1 Å². The monoisotopic (exact) mass is 469 g/mol. The predicted octanol–water partition coefficient (Wildman–Crippen LogP) is 8.15. The van der Waals surface area contributed by atoms with Gasteiger partial charge in [0.1, 0.15) is 5.58 Å². The molecule has 0 unspecified atom stereocenters. The number of halogens is 2. The van der Waals surface area contributed by atoms with Gasteiger partial charge in [0, 0.05) is 26.9 Å². The van der Waals surface area contributed by atoms with Crippen molar-refractivity contribution >= 4 is 50.7 Å². The Labute approximate surface area is 200 Å². The molecule has 0 atom stereocenters. The van der Waals surface area contributed by atoms with Crippen LogP contribution in [0, 0.1) is 0 Å². The van der Waals surface area contributed by atoms with Crippen molar-refractivity contribution in [2.45, 2.75) is 12.8 Å². The highest BCUT2D eigenvalue weighted by Crippen LogP contribution is 2.40. The molecule has 0 spiro atoms. The number of nitrogens with zero attached hydrogens (tertiary/aromatic N) is 3. The van der Waals surface area contributed by atoms with E-state index in [1.54, 1.807) is 6.07 Å². The molecule has 0 saturated heterocycles. The average Bonchev–Trinajstić information content (AvgIpc) is 3.24. The SMILES string of the molecule is Clc1cc(Cl)c2oc3cccc(-c4nc(C5=CC=CCC5)nc(-c5ccccc5)n4)c3c2c1. The van der Waals surface area contributed by atoms with Crippen molar-refractivity contribution < 1.29 is 4.42 Å². The fraction of sp³-hybridized carbons (Fsp3) is 0.0741. The molecule has 0 N–H and O–H groups in total. The molecule has 2 heterocycles. The van der Waals surface area contributed by atoms with Crippen LogP contribution in [0.1, 0.15) is 18.7 Å². The molecule has 0 radical (unpaired) electrons. The molecule has 6 rings (SSSR count). The second-order valence-corrected chi connectivity index (χ2v) is 8.72. The zero-order valence-corrected chi connectivity index (χ0v) is 18.9. The smallest absolute Gasteiger partial charge is 0.164 e. The lowest BCUT2D eigenvalue weighted by molar-refractivity contribution is 0.669. The largest absolute Gasteiger partial charge is 0.454 e. The molecule has 0 aliphatic heterocycles. The van der Waals surface area contributed by atoms with Crippen LogP contribution in [0.3, 0.4) is 0 Å². The van der Waals surface area contributed by atoms with Crippen molar-refractivity contribution in [2.75, 3.05) is 0 Å². The standard InChI is InChI=1S/C27H17Cl2N3O/c28-18-14-20-23-19(12-7-13-22(23)33-24(20)21(29)15-18)27-31-25(16-8-3-1-4-9-16)30-26(32-27)17-10-5-2-6-11-17/h1-5,7-10,12-15H,6,11H2. The van der Waals surface area contributed by atoms with Crippen molar-refractivity contribution in [3.8, 4) is 22.8 Å². The number of allylic oxidation sites excluding steroid dienone is 4. The Kier molecular flexibility index (Phi) is 4.97. The van der Waals surface area contributed by atoms with E-state index in [1.807, 2.05) is 54.6 Å². The Morgan fingerprint density at radius 3 is 2.45 bits per heavy atom. The molecule has 0 saturated carbocycles. The lowest BCUT2D eigenvalue weighted by Crippen LogP contribution is -2.03. The number of hydrogen-bond donors (Lipinski definition) is 0. The first-order valence-corrected chi connectivity index (χ1v) is 11.4. The fourth-order valence-electron chi connectivity index (χ4n) is 4.19. The summed E-state index contributed by atoms with van der Waals surface area (Å²) in [5.74, 6) is 1.90. The van der Waals surface area contributed by atoms with Crippen LogP contribution in [0.25, 0.3) is 50.3 Å². The van der Waals surface area contributed by atoms with E-state index in [4.69, 9.17) is 42.6 Å². The Bertz CT molecular complexity index is 1590. The van der Waals surface area contributed by atoms with E-state index < -0.39 is 0 Å². The third-order valence-corrected chi connectivity index (χ3v) is 6.22. The lowest BCUT2D eigenvalue weighted by Gasteiger charge is -2.12. The van der Waals surface area contributed by atoms with Gasteiger partial charge in [-0.15, -0.1) is 0 Å². The first kappa shape index (κ1) is 20.2. The van der Waals surface area contributed by atoms with Gasteiger partial charge in [-0.25, -0.2) is 15.0 Å². The third kappa shape index (κ3) is 3.62. The van der Waals surface area contributed by atoms with Crippen molar-refractivity contribution in [1.29, 1.82) is 0 Å². The van der Waals surface area contributed by atoms with Crippen LogP contribution in [0.5, 0.6) is 0 Å². The van der Waals surface area contributed by atoms with Gasteiger partial charge < -0.3 is 4.42 Å². The van der Waals surface area contributed by atoms with Crippen molar-refractivity contribution in [3.05, 3.63) is 94.8 Å². The number of furan rings is 1. The molecule has 4 nitrogen and oxygen atoms in total. The second kappa shape index (κ2) is 8.14. The van der Waals surface area contributed by atoms with Gasteiger partial charge in [0.05, 0.1) is 5.02 Å². The number of hydrogen-bond acceptors (Lipinski definition) is 4. The molecule has 33 heavy (non-hydrogen) atoms. The van der Waals surface area contributed by atoms with Gasteiger partial charge in [-0.2, -0.15) is 0 Å². The maximum absolute atomic E-state index is 6.43. The molecular weight excluding hydrogens is 453 g/mol. The minimum Gasteiger partial charge on any atom is -0.454 e. The molecule has 0 bridgehead atoms. The molecule has 160 valence electrons. The topological polar surface area (TPSA) is 51.8 Å². The number of fused-ring (bicyclic) bond motifs is 3. The van der Waals surface area contributed by atoms with Gasteiger partial charge in [-0.05, 0) is 36.6 Å². The molecule has 0 amide bonds. The summed E-state index contributed by atoms with van der Waals surface area (Å²) in [6.45, 7) is 0. The molecule has 1 aliphatic carbocycles. The van der Waals surface area contributed by atoms with E-state index in [-0.39, 0.29) is 0 Å². The zero-order chi connectivity index (χ0) is 22.4. The van der Waals surface area contributed by atoms with Crippen LogP contribution in [0.4, 0.5) is 0 Å². The first-order chi connectivity index (χ1) is 16.2. The van der Waals surface area contributed by atoms with Crippen LogP contribution < -0.4 is 0 Å². The molecule has 5 aromatic rings. The first-order valence-electron chi connectivity index (χ1n) is 10.7. The van der Waals surface area contributed by atoms with Crippen molar-refractivity contribution in [1.82, 2.24) is 15.0 Å². The summed E-state index contributed by atoms with van der Waals surface area (Å²) in [5, 5.41) is 2.73. The minimum atomic E-state index is 0.472. The van der Waals surface area contributed by atoms with Gasteiger partial charge in [-0.1, -0.05) is 83.9 Å². The van der Waals surface area contributed by atoms with Crippen LogP contribution in [-0.2, 0) is 0 Å². The molecule has 1 aliphatic rings. The van der Waals surface area contributed by atoms with Crippen molar-refractivity contribution in [3.63, 3.8) is 0 Å². The summed E-state index contributed by atoms with van der Waals surface area (Å²) < 4.78 is 6.08. The molecular formula is C27H17Cl2N3O. The van der Waals surface area contributed by atoms with E-state index in [9.17, 15) is 0 Å². The quantitative estimate of drug-likeness (QED) is 0.267. The van der Waals surface area contributed by atoms with Gasteiger partial charge in [-0.3, -0.25) is 0 Å². The number of benzene rings is 3. The molecule has 0 fully saturated rings. The zero-order valence-electron chi connectivity index (χ0n) is 17.4. The summed E-state index contributed by atoms with van der Waals surface area (Å²) in [5.41, 5.74) is 4.17. The Balaban J connectivity index is 1.65. The predicted molar refractivity (Wildman–Crippen MR) is 134 cm³/mol. The van der Waals surface area contributed by atoms with E-state index in [1.165, 1.54) is 0 Å². The highest BCUT2D eigenvalue weighted by Gasteiger charge is 2.19. The summed E-state index contributed by atoms with van der Waals surface area (Å²) in [4.78, 5) is 14.6. The third-order valence-electron chi connectivity index (χ3n) is 5.73. The minimum absolute atomic E-state index is 0.472. The maximum Gasteiger partial charge on any atom is 0.164 e. The highest BCUT2D eigenvalue weighted by molar-refractivity contribution is 6.39. The summed E-state index contributed by atoms with van der Waals surface area (Å²) >= 11 is 12.8. The van der Waals surface area contributed by atoms with Crippen LogP contribution in [-0.4, -0.2) is 15.0 Å². The van der Waals surface area contributed by atoms with Crippen LogP contribution in [0.15, 0.2) is 83.3 Å². The van der Waals surface area contributed by atoms with Gasteiger partial charge >= 0.3 is 0 Å². The second-order valence-electron chi connectivity index (χ2n) is 7.88. The normalized spacial score (nSPS) is 13.6. The Hall–Kier alpha value is -3.47. The maximum atomic E-state index is 6.43.